The second-order valence-corrected chi connectivity index (χ2v) is 2.43. The maximum atomic E-state index is 10.6. The number of hydrogen-bond acceptors (Lipinski definition) is 3. The number of nitrogens with zero attached hydrogens (tertiary/aromatic N) is 1. The van der Waals surface area contributed by atoms with Crippen LogP contribution in [0.25, 0.3) is 0 Å². The number of carbonyl (C=O) groups excluding carboxylic acids is 1. The fraction of sp³-hybridized carbons (Fsp3) is 0.429. The van der Waals surface area contributed by atoms with Crippen molar-refractivity contribution in [3.63, 3.8) is 0 Å². The second-order valence-electron chi connectivity index (χ2n) is 2.43. The van der Waals surface area contributed by atoms with Crippen LogP contribution >= 0.6 is 0 Å². The molecule has 4 heteroatoms. The minimum absolute atomic E-state index is 0.214. The van der Waals surface area contributed by atoms with Crippen molar-refractivity contribution in [2.75, 3.05) is 0 Å². The normalized spacial score (nSPS) is 12.8. The fourth-order valence-electron chi connectivity index (χ4n) is 0.716. The van der Waals surface area contributed by atoms with Gasteiger partial charge in [0.1, 0.15) is 6.26 Å². The Bertz CT molecular complexity index is 231. The first kappa shape index (κ1) is 7.78. The molecule has 1 unspecified atom stereocenters. The van der Waals surface area contributed by atoms with Gasteiger partial charge in [0.15, 0.2) is 5.89 Å². The van der Waals surface area contributed by atoms with Crippen molar-refractivity contribution >= 4 is 5.91 Å². The quantitative estimate of drug-likeness (QED) is 0.682. The van der Waals surface area contributed by atoms with Crippen molar-refractivity contribution in [3.8, 4) is 0 Å². The van der Waals surface area contributed by atoms with Gasteiger partial charge in [-0.05, 0) is 0 Å². The average molecular weight is 154 g/mol. The van der Waals surface area contributed by atoms with Gasteiger partial charge in [-0.3, -0.25) is 4.79 Å². The van der Waals surface area contributed by atoms with Gasteiger partial charge in [-0.1, -0.05) is 6.92 Å². The number of rotatable bonds is 3. The maximum Gasteiger partial charge on any atom is 0.220 e. The van der Waals surface area contributed by atoms with Gasteiger partial charge in [0, 0.05) is 12.3 Å². The van der Waals surface area contributed by atoms with Gasteiger partial charge >= 0.3 is 0 Å². The summed E-state index contributed by atoms with van der Waals surface area (Å²) in [4.78, 5) is 14.4. The van der Waals surface area contributed by atoms with Crippen molar-refractivity contribution in [3.05, 3.63) is 18.4 Å². The Morgan fingerprint density at radius 2 is 2.64 bits per heavy atom. The van der Waals surface area contributed by atoms with Gasteiger partial charge < -0.3 is 10.2 Å². The van der Waals surface area contributed by atoms with Gasteiger partial charge in [0.25, 0.3) is 0 Å². The summed E-state index contributed by atoms with van der Waals surface area (Å²) >= 11 is 0. The average Bonchev–Trinajstić information content (AvgIpc) is 2.39. The molecular weight excluding hydrogens is 144 g/mol. The van der Waals surface area contributed by atoms with Crippen LogP contribution in [0, 0.1) is 5.92 Å². The molecule has 11 heavy (non-hydrogen) atoms. The lowest BCUT2D eigenvalue weighted by molar-refractivity contribution is -0.121. The summed E-state index contributed by atoms with van der Waals surface area (Å²) < 4.78 is 4.94. The lowest BCUT2D eigenvalue weighted by atomic mass is 10.1. The molecule has 0 fully saturated rings. The molecular formula is C7H10N2O2. The molecule has 1 atom stereocenters. The van der Waals surface area contributed by atoms with E-state index in [-0.39, 0.29) is 11.8 Å². The van der Waals surface area contributed by atoms with Crippen LogP contribution in [0.3, 0.4) is 0 Å². The summed E-state index contributed by atoms with van der Waals surface area (Å²) in [6.45, 7) is 1.74. The lowest BCUT2D eigenvalue weighted by Crippen LogP contribution is -2.22. The molecule has 0 aromatic carbocycles. The molecule has 0 saturated carbocycles. The molecule has 1 aromatic heterocycles. The number of primary amides is 1. The summed E-state index contributed by atoms with van der Waals surface area (Å²) in [5, 5.41) is 0. The monoisotopic (exact) mass is 154 g/mol. The van der Waals surface area contributed by atoms with E-state index in [9.17, 15) is 4.79 Å². The SMILES string of the molecule is CC(Cc1ncco1)C(N)=O. The first-order valence-electron chi connectivity index (χ1n) is 3.38. The molecule has 0 radical (unpaired) electrons. The second kappa shape index (κ2) is 3.18. The van der Waals surface area contributed by atoms with Crippen molar-refractivity contribution in [2.45, 2.75) is 13.3 Å². The summed E-state index contributed by atoms with van der Waals surface area (Å²) in [5.74, 6) is 0.00755. The third-order valence-electron chi connectivity index (χ3n) is 1.45. The first-order valence-corrected chi connectivity index (χ1v) is 3.38. The highest BCUT2D eigenvalue weighted by molar-refractivity contribution is 5.76. The Kier molecular flexibility index (Phi) is 2.25. The Hall–Kier alpha value is -1.32. The van der Waals surface area contributed by atoms with Gasteiger partial charge in [-0.2, -0.15) is 0 Å². The van der Waals surface area contributed by atoms with E-state index in [1.54, 1.807) is 13.1 Å². The van der Waals surface area contributed by atoms with Gasteiger partial charge in [-0.15, -0.1) is 0 Å². The minimum atomic E-state index is -0.330. The molecule has 60 valence electrons. The highest BCUT2D eigenvalue weighted by atomic mass is 16.3. The van der Waals surface area contributed by atoms with E-state index in [4.69, 9.17) is 10.2 Å². The van der Waals surface area contributed by atoms with Crippen LogP contribution in [-0.4, -0.2) is 10.9 Å². The van der Waals surface area contributed by atoms with E-state index in [2.05, 4.69) is 4.98 Å². The molecule has 0 saturated heterocycles. The first-order chi connectivity index (χ1) is 5.20. The number of carbonyl (C=O) groups is 1. The summed E-state index contributed by atoms with van der Waals surface area (Å²) in [5.41, 5.74) is 5.04. The predicted octanol–water partition coefficient (Wildman–Crippen LogP) is 0.339. The number of amides is 1. The standard InChI is InChI=1S/C7H10N2O2/c1-5(7(8)10)4-6-9-2-3-11-6/h2-3,5H,4H2,1H3,(H2,8,10). The molecule has 4 nitrogen and oxygen atoms in total. The zero-order chi connectivity index (χ0) is 8.27. The maximum absolute atomic E-state index is 10.6. The third-order valence-corrected chi connectivity index (χ3v) is 1.45. The number of hydrogen-bond donors (Lipinski definition) is 1. The van der Waals surface area contributed by atoms with Crippen LogP contribution in [0.15, 0.2) is 16.9 Å². The molecule has 0 aliphatic carbocycles. The summed E-state index contributed by atoms with van der Waals surface area (Å²) in [6, 6.07) is 0. The molecule has 0 aliphatic rings. The van der Waals surface area contributed by atoms with Gasteiger partial charge in [-0.25, -0.2) is 4.98 Å². The van der Waals surface area contributed by atoms with E-state index in [0.29, 0.717) is 12.3 Å². The molecule has 1 amide bonds. The molecule has 1 heterocycles. The number of nitrogens with two attached hydrogens (primary N) is 1. The highest BCUT2D eigenvalue weighted by Crippen LogP contribution is 2.04. The van der Waals surface area contributed by atoms with Gasteiger partial charge in [0.05, 0.1) is 6.20 Å². The van der Waals surface area contributed by atoms with Gasteiger partial charge in [0.2, 0.25) is 5.91 Å². The smallest absolute Gasteiger partial charge is 0.220 e. The molecule has 1 aromatic rings. The van der Waals surface area contributed by atoms with Crippen LogP contribution in [0.1, 0.15) is 12.8 Å². The third kappa shape index (κ3) is 2.07. The van der Waals surface area contributed by atoms with Crippen LogP contribution < -0.4 is 5.73 Å². The van der Waals surface area contributed by atoms with E-state index >= 15 is 0 Å². The van der Waals surface area contributed by atoms with E-state index < -0.39 is 0 Å². The summed E-state index contributed by atoms with van der Waals surface area (Å²) in [6.07, 6.45) is 3.49. The molecule has 2 N–H and O–H groups in total. The largest absolute Gasteiger partial charge is 0.449 e. The Morgan fingerprint density at radius 3 is 3.09 bits per heavy atom. The van der Waals surface area contributed by atoms with Crippen molar-refractivity contribution < 1.29 is 9.21 Å². The fourth-order valence-corrected chi connectivity index (χ4v) is 0.716. The van der Waals surface area contributed by atoms with E-state index in [1.165, 1.54) is 6.26 Å². The Labute approximate surface area is 64.4 Å². The lowest BCUT2D eigenvalue weighted by Gasteiger charge is -2.01. The Morgan fingerprint density at radius 1 is 1.91 bits per heavy atom. The van der Waals surface area contributed by atoms with Crippen molar-refractivity contribution in [2.24, 2.45) is 11.7 Å². The van der Waals surface area contributed by atoms with Crippen LogP contribution in [0.2, 0.25) is 0 Å². The zero-order valence-corrected chi connectivity index (χ0v) is 6.28. The van der Waals surface area contributed by atoms with E-state index in [0.717, 1.165) is 0 Å². The number of oxazole rings is 1. The van der Waals surface area contributed by atoms with Crippen molar-refractivity contribution in [1.29, 1.82) is 0 Å². The Balaban J connectivity index is 2.50. The highest BCUT2D eigenvalue weighted by Gasteiger charge is 2.11. The van der Waals surface area contributed by atoms with Crippen LogP contribution in [0.4, 0.5) is 0 Å². The summed E-state index contributed by atoms with van der Waals surface area (Å²) in [7, 11) is 0. The molecule has 0 aliphatic heterocycles. The zero-order valence-electron chi connectivity index (χ0n) is 6.28. The van der Waals surface area contributed by atoms with Crippen molar-refractivity contribution in [1.82, 2.24) is 4.98 Å². The predicted molar refractivity (Wildman–Crippen MR) is 38.6 cm³/mol. The van der Waals surface area contributed by atoms with Crippen LogP contribution in [0.5, 0.6) is 0 Å². The van der Waals surface area contributed by atoms with E-state index in [1.807, 2.05) is 0 Å². The number of aromatic nitrogens is 1. The molecule has 0 spiro atoms. The van der Waals surface area contributed by atoms with Crippen LogP contribution in [-0.2, 0) is 11.2 Å². The molecule has 1 rings (SSSR count). The minimum Gasteiger partial charge on any atom is -0.449 e. The topological polar surface area (TPSA) is 69.1 Å². The molecule has 0 bridgehead atoms.